The third-order valence-electron chi connectivity index (χ3n) is 6.94. The summed E-state index contributed by atoms with van der Waals surface area (Å²) in [6.07, 6.45) is 3.88. The fourth-order valence-corrected chi connectivity index (χ4v) is 4.83. The molecule has 0 radical (unpaired) electrons. The van der Waals surface area contributed by atoms with Crippen LogP contribution in [0, 0.1) is 18.3 Å². The van der Waals surface area contributed by atoms with Crippen molar-refractivity contribution in [2.45, 2.75) is 25.7 Å². The number of halogens is 1. The van der Waals surface area contributed by atoms with Crippen LogP contribution in [0.3, 0.4) is 0 Å². The summed E-state index contributed by atoms with van der Waals surface area (Å²) in [7, 11) is 0. The molecule has 8 heteroatoms. The van der Waals surface area contributed by atoms with E-state index < -0.39 is 5.82 Å². The highest BCUT2D eigenvalue weighted by atomic mass is 19.1. The molecule has 0 spiro atoms. The summed E-state index contributed by atoms with van der Waals surface area (Å²) in [5.74, 6) is 1.55. The Labute approximate surface area is 214 Å². The van der Waals surface area contributed by atoms with Gasteiger partial charge in [-0.25, -0.2) is 9.24 Å². The molecular weight excluding hydrogens is 475 g/mol. The van der Waals surface area contributed by atoms with Crippen molar-refractivity contribution in [1.82, 2.24) is 4.90 Å². The predicted octanol–water partition coefficient (Wildman–Crippen LogP) is 5.73. The van der Waals surface area contributed by atoms with Gasteiger partial charge in [-0.15, -0.1) is 0 Å². The molecule has 1 saturated heterocycles. The fraction of sp³-hybridized carbons (Fsp3) is 0.310. The number of fused-ring (bicyclic) bond motifs is 1. The molecule has 1 N–H and O–H groups in total. The van der Waals surface area contributed by atoms with Gasteiger partial charge in [0.15, 0.2) is 23.8 Å². The van der Waals surface area contributed by atoms with Gasteiger partial charge < -0.3 is 24.2 Å². The number of nitrogens with zero attached hydrogens (tertiary/aromatic N) is 2. The lowest BCUT2D eigenvalue weighted by Crippen LogP contribution is -2.41. The van der Waals surface area contributed by atoms with Gasteiger partial charge in [-0.3, -0.25) is 4.79 Å². The summed E-state index contributed by atoms with van der Waals surface area (Å²) in [6, 6.07) is 14.5. The number of carbonyl (C=O) groups excluding carboxylic acids is 1. The van der Waals surface area contributed by atoms with Gasteiger partial charge in [0.1, 0.15) is 17.3 Å². The van der Waals surface area contributed by atoms with E-state index in [2.05, 4.69) is 10.9 Å². The van der Waals surface area contributed by atoms with E-state index in [1.54, 1.807) is 18.2 Å². The van der Waals surface area contributed by atoms with Gasteiger partial charge >= 0.3 is 0 Å². The Bertz CT molecular complexity index is 1340. The summed E-state index contributed by atoms with van der Waals surface area (Å²) in [5, 5.41) is 10.2. The van der Waals surface area contributed by atoms with E-state index in [0.717, 1.165) is 43.2 Å². The maximum Gasteiger partial charge on any atom is 0.260 e. The van der Waals surface area contributed by atoms with E-state index in [4.69, 9.17) is 20.8 Å². The van der Waals surface area contributed by atoms with Crippen LogP contribution >= 0.6 is 0 Å². The fourth-order valence-electron chi connectivity index (χ4n) is 4.83. The average Bonchev–Trinajstić information content (AvgIpc) is 3.39. The number of hydrogen-bond acceptors (Lipinski definition) is 5. The minimum absolute atomic E-state index is 0.113. The summed E-state index contributed by atoms with van der Waals surface area (Å²) in [6.45, 7) is 8.75. The number of phenols is 1. The molecule has 0 saturated carbocycles. The molecule has 3 aromatic carbocycles. The molecule has 2 aliphatic rings. The first-order chi connectivity index (χ1) is 18.0. The van der Waals surface area contributed by atoms with E-state index in [1.165, 1.54) is 17.7 Å². The van der Waals surface area contributed by atoms with Gasteiger partial charge in [-0.2, -0.15) is 0 Å². The number of carbonyl (C=O) groups is 1. The molecule has 0 bridgehead atoms. The molecule has 0 atom stereocenters. The van der Waals surface area contributed by atoms with E-state index in [1.807, 2.05) is 17.0 Å². The molecule has 3 aromatic rings. The first kappa shape index (κ1) is 24.4. The lowest BCUT2D eigenvalue weighted by atomic mass is 9.90. The van der Waals surface area contributed by atoms with Crippen LogP contribution in [0.1, 0.15) is 24.8 Å². The Morgan fingerprint density at radius 3 is 2.65 bits per heavy atom. The maximum atomic E-state index is 13.5. The van der Waals surface area contributed by atoms with Crippen LogP contribution in [0.25, 0.3) is 16.0 Å². The number of piperidine rings is 1. The van der Waals surface area contributed by atoms with Crippen molar-refractivity contribution >= 4 is 11.6 Å². The predicted molar refractivity (Wildman–Crippen MR) is 135 cm³/mol. The van der Waals surface area contributed by atoms with Gasteiger partial charge in [0.05, 0.1) is 6.57 Å². The molecule has 0 aromatic heterocycles. The largest absolute Gasteiger partial charge is 0.507 e. The molecule has 0 unspecified atom stereocenters. The van der Waals surface area contributed by atoms with Gasteiger partial charge in [0.2, 0.25) is 6.79 Å². The lowest BCUT2D eigenvalue weighted by molar-refractivity contribution is -0.134. The normalized spacial score (nSPS) is 14.9. The standard InChI is InChI=1S/C29H27FN2O5/c1-31-22-6-9-26(24(16-22)23-7-5-21(30)15-25(23)33)35-17-29(34)32-12-10-19(11-13-32)2-3-20-4-8-27-28(14-20)37-18-36-27/h4-9,14-16,19,33H,2-3,10-13,17-18H2. The number of aromatic hydroxyl groups is 1. The van der Waals surface area contributed by atoms with Crippen LogP contribution in [0.4, 0.5) is 10.1 Å². The zero-order valence-corrected chi connectivity index (χ0v) is 20.3. The van der Waals surface area contributed by atoms with Crippen LogP contribution in [-0.2, 0) is 11.2 Å². The second kappa shape index (κ2) is 10.8. The highest BCUT2D eigenvalue weighted by molar-refractivity contribution is 5.81. The van der Waals surface area contributed by atoms with E-state index in [0.29, 0.717) is 41.6 Å². The number of ether oxygens (including phenoxy) is 3. The molecular formula is C29H27FN2O5. The Morgan fingerprint density at radius 1 is 1.05 bits per heavy atom. The maximum absolute atomic E-state index is 13.5. The molecule has 0 aliphatic carbocycles. The molecule has 190 valence electrons. The third kappa shape index (κ3) is 5.61. The van der Waals surface area contributed by atoms with Gasteiger partial charge in [0, 0.05) is 30.3 Å². The van der Waals surface area contributed by atoms with Crippen molar-refractivity contribution < 1.29 is 28.5 Å². The number of benzene rings is 3. The van der Waals surface area contributed by atoms with E-state index in [-0.39, 0.29) is 25.1 Å². The summed E-state index contributed by atoms with van der Waals surface area (Å²) in [4.78, 5) is 18.1. The summed E-state index contributed by atoms with van der Waals surface area (Å²) >= 11 is 0. The minimum atomic E-state index is -0.570. The molecule has 5 rings (SSSR count). The Morgan fingerprint density at radius 2 is 1.86 bits per heavy atom. The monoisotopic (exact) mass is 502 g/mol. The van der Waals surface area contributed by atoms with Crippen LogP contribution < -0.4 is 14.2 Å². The summed E-state index contributed by atoms with van der Waals surface area (Å²) in [5.41, 5.74) is 2.34. The number of likely N-dealkylation sites (tertiary alicyclic amines) is 1. The van der Waals surface area contributed by atoms with Gasteiger partial charge in [-0.05, 0) is 73.6 Å². The van der Waals surface area contributed by atoms with Crippen molar-refractivity contribution in [3.8, 4) is 34.1 Å². The Hall–Kier alpha value is -4.25. The van der Waals surface area contributed by atoms with E-state index in [9.17, 15) is 14.3 Å². The summed E-state index contributed by atoms with van der Waals surface area (Å²) < 4.78 is 30.2. The Balaban J connectivity index is 1.15. The zero-order chi connectivity index (χ0) is 25.8. The second-order valence-electron chi connectivity index (χ2n) is 9.29. The molecule has 2 aliphatic heterocycles. The van der Waals surface area contributed by atoms with Crippen molar-refractivity contribution in [3.05, 3.63) is 77.4 Å². The van der Waals surface area contributed by atoms with Gasteiger partial charge in [0.25, 0.3) is 5.91 Å². The smallest absolute Gasteiger partial charge is 0.260 e. The number of amides is 1. The van der Waals surface area contributed by atoms with Crippen molar-refractivity contribution in [1.29, 1.82) is 0 Å². The highest BCUT2D eigenvalue weighted by Gasteiger charge is 2.24. The molecule has 1 fully saturated rings. The third-order valence-corrected chi connectivity index (χ3v) is 6.94. The molecule has 1 amide bonds. The van der Waals surface area contributed by atoms with Gasteiger partial charge in [-0.1, -0.05) is 12.1 Å². The van der Waals surface area contributed by atoms with Crippen LogP contribution in [0.5, 0.6) is 23.0 Å². The number of hydrogen-bond donors (Lipinski definition) is 1. The van der Waals surface area contributed by atoms with Crippen molar-refractivity contribution in [3.63, 3.8) is 0 Å². The second-order valence-corrected chi connectivity index (χ2v) is 9.29. The lowest BCUT2D eigenvalue weighted by Gasteiger charge is -2.32. The average molecular weight is 503 g/mol. The van der Waals surface area contributed by atoms with Crippen LogP contribution in [0.2, 0.25) is 0 Å². The first-order valence-electron chi connectivity index (χ1n) is 12.3. The first-order valence-corrected chi connectivity index (χ1v) is 12.3. The molecule has 7 nitrogen and oxygen atoms in total. The topological polar surface area (TPSA) is 72.6 Å². The number of aryl methyl sites for hydroxylation is 1. The van der Waals surface area contributed by atoms with Crippen LogP contribution in [-0.4, -0.2) is 42.4 Å². The number of phenolic OH excluding ortho intramolecular Hbond substituents is 1. The number of rotatable bonds is 7. The molecule has 2 heterocycles. The van der Waals surface area contributed by atoms with Crippen molar-refractivity contribution in [2.75, 3.05) is 26.5 Å². The van der Waals surface area contributed by atoms with Crippen molar-refractivity contribution in [2.24, 2.45) is 5.92 Å². The zero-order valence-electron chi connectivity index (χ0n) is 20.3. The molecule has 37 heavy (non-hydrogen) atoms. The highest BCUT2D eigenvalue weighted by Crippen LogP contribution is 2.39. The SMILES string of the molecule is [C-]#[N+]c1ccc(OCC(=O)N2CCC(CCc3ccc4c(c3)OCO4)CC2)c(-c2ccc(F)cc2O)c1. The quantitative estimate of drug-likeness (QED) is 0.418. The van der Waals surface area contributed by atoms with Crippen LogP contribution in [0.15, 0.2) is 54.6 Å². The minimum Gasteiger partial charge on any atom is -0.507 e. The Kier molecular flexibility index (Phi) is 7.13. The van der Waals surface area contributed by atoms with E-state index >= 15 is 0 Å².